The Balaban J connectivity index is 2.23. The molecule has 1 atom stereocenters. The minimum absolute atomic E-state index is 0.146. The summed E-state index contributed by atoms with van der Waals surface area (Å²) in [6.45, 7) is 1.91. The highest BCUT2D eigenvalue weighted by Crippen LogP contribution is 2.19. The van der Waals surface area contributed by atoms with E-state index in [1.807, 2.05) is 67.6 Å². The van der Waals surface area contributed by atoms with Crippen LogP contribution in [0.15, 0.2) is 79.0 Å². The molecule has 0 spiro atoms. The molecule has 2 rings (SSSR count). The van der Waals surface area contributed by atoms with Crippen molar-refractivity contribution in [3.8, 4) is 0 Å². The summed E-state index contributed by atoms with van der Waals surface area (Å²) in [6.07, 6.45) is 8.65. The number of carbonyl (C=O) groups is 1. The Bertz CT molecular complexity index is 579. The quantitative estimate of drug-likeness (QED) is 0.672. The van der Waals surface area contributed by atoms with Crippen LogP contribution in [0.25, 0.3) is 0 Å². The molecular weight excluding hydrogens is 260 g/mol. The van der Waals surface area contributed by atoms with Crippen LogP contribution in [-0.4, -0.2) is 10.9 Å². The lowest BCUT2D eigenvalue weighted by Gasteiger charge is -2.17. The number of carbonyl (C=O) groups excluding carboxylic acids is 1. The van der Waals surface area contributed by atoms with Gasteiger partial charge in [-0.3, -0.25) is 9.78 Å². The Morgan fingerprint density at radius 3 is 2.52 bits per heavy atom. The van der Waals surface area contributed by atoms with Crippen molar-refractivity contribution >= 4 is 5.91 Å². The Kier molecular flexibility index (Phi) is 5.47. The van der Waals surface area contributed by atoms with Gasteiger partial charge in [0, 0.05) is 12.3 Å². The monoisotopic (exact) mass is 278 g/mol. The van der Waals surface area contributed by atoms with Crippen LogP contribution in [0.2, 0.25) is 0 Å². The van der Waals surface area contributed by atoms with Crippen LogP contribution in [-0.2, 0) is 4.79 Å². The molecule has 21 heavy (non-hydrogen) atoms. The second-order valence-corrected chi connectivity index (χ2v) is 4.49. The number of hydrogen-bond acceptors (Lipinski definition) is 2. The molecule has 0 aliphatic heterocycles. The molecule has 1 aromatic carbocycles. The van der Waals surface area contributed by atoms with Crippen molar-refractivity contribution in [3.63, 3.8) is 0 Å². The molecule has 0 bridgehead atoms. The van der Waals surface area contributed by atoms with Gasteiger partial charge in [-0.25, -0.2) is 0 Å². The molecule has 0 radical (unpaired) electrons. The maximum absolute atomic E-state index is 12.0. The number of amides is 1. The highest BCUT2D eigenvalue weighted by Gasteiger charge is 2.16. The third-order valence-corrected chi connectivity index (χ3v) is 2.95. The molecule has 0 fully saturated rings. The van der Waals surface area contributed by atoms with E-state index in [4.69, 9.17) is 0 Å². The van der Waals surface area contributed by atoms with E-state index in [0.29, 0.717) is 0 Å². The van der Waals surface area contributed by atoms with Gasteiger partial charge in [-0.15, -0.1) is 0 Å². The summed E-state index contributed by atoms with van der Waals surface area (Å²) < 4.78 is 0. The van der Waals surface area contributed by atoms with E-state index >= 15 is 0 Å². The van der Waals surface area contributed by atoms with E-state index in [1.54, 1.807) is 12.3 Å². The van der Waals surface area contributed by atoms with Gasteiger partial charge in [0.1, 0.15) is 0 Å². The van der Waals surface area contributed by atoms with E-state index in [1.165, 1.54) is 6.08 Å². The zero-order valence-corrected chi connectivity index (χ0v) is 11.9. The number of nitrogens with zero attached hydrogens (tertiary/aromatic N) is 1. The molecule has 0 aliphatic rings. The number of benzene rings is 1. The third kappa shape index (κ3) is 4.42. The molecule has 106 valence electrons. The van der Waals surface area contributed by atoms with Crippen molar-refractivity contribution in [2.45, 2.75) is 13.0 Å². The predicted octanol–water partition coefficient (Wildman–Crippen LogP) is 3.42. The van der Waals surface area contributed by atoms with Crippen LogP contribution in [0.3, 0.4) is 0 Å². The van der Waals surface area contributed by atoms with Crippen molar-refractivity contribution < 1.29 is 4.79 Å². The van der Waals surface area contributed by atoms with Crippen LogP contribution >= 0.6 is 0 Å². The summed E-state index contributed by atoms with van der Waals surface area (Å²) in [5.41, 5.74) is 1.82. The fourth-order valence-corrected chi connectivity index (χ4v) is 1.96. The molecule has 1 unspecified atom stereocenters. The highest BCUT2D eigenvalue weighted by atomic mass is 16.1. The van der Waals surface area contributed by atoms with Gasteiger partial charge in [-0.1, -0.05) is 54.6 Å². The molecule has 1 N–H and O–H groups in total. The first-order chi connectivity index (χ1) is 10.3. The van der Waals surface area contributed by atoms with Crippen LogP contribution in [0, 0.1) is 0 Å². The fourth-order valence-electron chi connectivity index (χ4n) is 1.96. The van der Waals surface area contributed by atoms with Crippen molar-refractivity contribution in [1.29, 1.82) is 0 Å². The second kappa shape index (κ2) is 7.80. The first kappa shape index (κ1) is 14.7. The Morgan fingerprint density at radius 1 is 1.10 bits per heavy atom. The highest BCUT2D eigenvalue weighted by molar-refractivity contribution is 5.88. The molecule has 1 amide bonds. The summed E-state index contributed by atoms with van der Waals surface area (Å²) >= 11 is 0. The van der Waals surface area contributed by atoms with Gasteiger partial charge in [0.15, 0.2) is 0 Å². The minimum atomic E-state index is -0.254. The van der Waals surface area contributed by atoms with E-state index in [9.17, 15) is 4.79 Å². The van der Waals surface area contributed by atoms with Crippen LogP contribution < -0.4 is 5.32 Å². The third-order valence-electron chi connectivity index (χ3n) is 2.95. The molecule has 1 aromatic heterocycles. The van der Waals surface area contributed by atoms with Gasteiger partial charge in [0.2, 0.25) is 5.91 Å². The van der Waals surface area contributed by atoms with E-state index in [-0.39, 0.29) is 11.9 Å². The molecule has 2 aromatic rings. The topological polar surface area (TPSA) is 42.0 Å². The van der Waals surface area contributed by atoms with Gasteiger partial charge in [0.25, 0.3) is 0 Å². The lowest BCUT2D eigenvalue weighted by Crippen LogP contribution is -2.28. The molecule has 3 nitrogen and oxygen atoms in total. The zero-order valence-electron chi connectivity index (χ0n) is 11.9. The summed E-state index contributed by atoms with van der Waals surface area (Å²) in [4.78, 5) is 16.4. The lowest BCUT2D eigenvalue weighted by atomic mass is 10.0. The van der Waals surface area contributed by atoms with Crippen molar-refractivity contribution in [3.05, 3.63) is 90.3 Å². The SMILES string of the molecule is C/C=C/C=C/C(=O)NC(c1ccccc1)c1ccccn1. The van der Waals surface area contributed by atoms with Gasteiger partial charge in [-0.05, 0) is 24.6 Å². The van der Waals surface area contributed by atoms with E-state index < -0.39 is 0 Å². The van der Waals surface area contributed by atoms with E-state index in [0.717, 1.165) is 11.3 Å². The number of hydrogen-bond donors (Lipinski definition) is 1. The predicted molar refractivity (Wildman–Crippen MR) is 84.6 cm³/mol. The molecule has 0 saturated carbocycles. The Morgan fingerprint density at radius 2 is 1.86 bits per heavy atom. The number of rotatable bonds is 5. The summed E-state index contributed by atoms with van der Waals surface area (Å²) in [7, 11) is 0. The van der Waals surface area contributed by atoms with Crippen molar-refractivity contribution in [1.82, 2.24) is 10.3 Å². The smallest absolute Gasteiger partial charge is 0.244 e. The zero-order chi connectivity index (χ0) is 14.9. The molecule has 1 heterocycles. The van der Waals surface area contributed by atoms with Gasteiger partial charge >= 0.3 is 0 Å². The largest absolute Gasteiger partial charge is 0.340 e. The Hall–Kier alpha value is -2.68. The normalized spacial score (nSPS) is 12.6. The van der Waals surface area contributed by atoms with Gasteiger partial charge < -0.3 is 5.32 Å². The minimum Gasteiger partial charge on any atom is -0.340 e. The van der Waals surface area contributed by atoms with Gasteiger partial charge in [0.05, 0.1) is 11.7 Å². The number of nitrogens with one attached hydrogen (secondary N) is 1. The summed E-state index contributed by atoms with van der Waals surface area (Å²) in [5, 5.41) is 2.99. The number of allylic oxidation sites excluding steroid dienone is 3. The van der Waals surface area contributed by atoms with E-state index in [2.05, 4.69) is 10.3 Å². The fraction of sp³-hybridized carbons (Fsp3) is 0.111. The number of pyridine rings is 1. The number of aromatic nitrogens is 1. The molecular formula is C18H18N2O. The summed E-state index contributed by atoms with van der Waals surface area (Å²) in [6, 6.07) is 15.2. The van der Waals surface area contributed by atoms with Crippen LogP contribution in [0.4, 0.5) is 0 Å². The first-order valence-corrected chi connectivity index (χ1v) is 6.87. The average molecular weight is 278 g/mol. The second-order valence-electron chi connectivity index (χ2n) is 4.49. The maximum atomic E-state index is 12.0. The first-order valence-electron chi connectivity index (χ1n) is 6.87. The molecule has 0 aliphatic carbocycles. The lowest BCUT2D eigenvalue weighted by molar-refractivity contribution is -0.117. The van der Waals surface area contributed by atoms with Crippen molar-refractivity contribution in [2.24, 2.45) is 0 Å². The molecule has 3 heteroatoms. The molecule has 0 saturated heterocycles. The van der Waals surface area contributed by atoms with Crippen LogP contribution in [0.5, 0.6) is 0 Å². The standard InChI is InChI=1S/C18H18N2O/c1-2-3-5-13-17(21)20-18(15-10-6-4-7-11-15)16-12-8-9-14-19-16/h2-14,18H,1H3,(H,20,21)/b3-2+,13-5+. The summed E-state index contributed by atoms with van der Waals surface area (Å²) in [5.74, 6) is -0.146. The van der Waals surface area contributed by atoms with Gasteiger partial charge in [-0.2, -0.15) is 0 Å². The average Bonchev–Trinajstić information content (AvgIpc) is 2.54. The van der Waals surface area contributed by atoms with Crippen molar-refractivity contribution in [2.75, 3.05) is 0 Å². The van der Waals surface area contributed by atoms with Crippen LogP contribution in [0.1, 0.15) is 24.2 Å². The maximum Gasteiger partial charge on any atom is 0.244 e. The Labute approximate surface area is 125 Å².